The normalized spacial score (nSPS) is 14.0. The van der Waals surface area contributed by atoms with E-state index < -0.39 is 35.5 Å². The molecule has 0 saturated carbocycles. The lowest BCUT2D eigenvalue weighted by Crippen LogP contribution is -2.52. The van der Waals surface area contributed by atoms with Crippen molar-refractivity contribution in [2.75, 3.05) is 0 Å². The van der Waals surface area contributed by atoms with Gasteiger partial charge in [-0.05, 0) is 54.7 Å². The van der Waals surface area contributed by atoms with Gasteiger partial charge >= 0.3 is 23.9 Å². The lowest BCUT2D eigenvalue weighted by atomic mass is 9.86. The molecule has 0 aliphatic carbocycles. The Morgan fingerprint density at radius 1 is 0.846 bits per heavy atom. The van der Waals surface area contributed by atoms with Crippen molar-refractivity contribution >= 4 is 23.9 Å². The molecule has 3 N–H and O–H groups in total. The van der Waals surface area contributed by atoms with Crippen LogP contribution in [0.25, 0.3) is 0 Å². The van der Waals surface area contributed by atoms with Crippen LogP contribution in [0.5, 0.6) is 11.5 Å². The Labute approximate surface area is 232 Å². The fourth-order valence-corrected chi connectivity index (χ4v) is 3.84. The van der Waals surface area contributed by atoms with E-state index in [0.717, 1.165) is 0 Å². The fraction of sp³-hybridized carbons (Fsp3) is 0.667. The summed E-state index contributed by atoms with van der Waals surface area (Å²) in [6.45, 7) is 15.3. The number of carboxylic acids is 1. The number of nitrogens with two attached hydrogens (primary N) is 1. The van der Waals surface area contributed by atoms with Crippen LogP contribution in [0.4, 0.5) is 0 Å². The van der Waals surface area contributed by atoms with Gasteiger partial charge in [-0.2, -0.15) is 0 Å². The molecule has 0 radical (unpaired) electrons. The van der Waals surface area contributed by atoms with Gasteiger partial charge in [-0.25, -0.2) is 0 Å². The summed E-state index contributed by atoms with van der Waals surface area (Å²) in [6, 6.07) is 4.53. The van der Waals surface area contributed by atoms with Crippen molar-refractivity contribution in [3.63, 3.8) is 0 Å². The molecule has 1 unspecified atom stereocenters. The van der Waals surface area contributed by atoms with Gasteiger partial charge < -0.3 is 25.1 Å². The first-order valence-electron chi connectivity index (χ1n) is 13.7. The Bertz CT molecular complexity index is 995. The van der Waals surface area contributed by atoms with Crippen LogP contribution in [-0.2, 0) is 30.3 Å². The molecule has 1 aromatic rings. The van der Waals surface area contributed by atoms with Crippen LogP contribution in [0.1, 0.15) is 99.5 Å². The molecule has 0 fully saturated rings. The first-order chi connectivity index (χ1) is 17.9. The van der Waals surface area contributed by atoms with E-state index in [1.54, 1.807) is 13.0 Å². The Kier molecular flexibility index (Phi) is 13.1. The molecule has 0 amide bonds. The van der Waals surface area contributed by atoms with Crippen LogP contribution in [0, 0.1) is 17.3 Å². The molecule has 1 rings (SSSR count). The minimum atomic E-state index is -1.77. The standard InChI is InChI=1S/C30H47NO8/c1-19(2)9-13-25(32)38-23-12-11-22(15-24(23)39-26(33)14-10-20(3)4)17-30(31,28(35)36)16-21(5)37-27(34)18-29(6,7)8/h11-12,15,19-21H,9-10,13-14,16-18,31H2,1-8H3,(H,35,36)/t21-,30?/m0/s1. The number of carbonyl (C=O) groups excluding carboxylic acids is 3. The number of ether oxygens (including phenoxy) is 3. The Morgan fingerprint density at radius 2 is 1.36 bits per heavy atom. The van der Waals surface area contributed by atoms with E-state index in [2.05, 4.69) is 0 Å². The van der Waals surface area contributed by atoms with Crippen molar-refractivity contribution in [1.82, 2.24) is 0 Å². The molecule has 9 nitrogen and oxygen atoms in total. The van der Waals surface area contributed by atoms with E-state index in [-0.39, 0.29) is 49.0 Å². The maximum Gasteiger partial charge on any atom is 0.324 e. The number of hydrogen-bond donors (Lipinski definition) is 2. The molecule has 220 valence electrons. The zero-order valence-electron chi connectivity index (χ0n) is 24.8. The Balaban J connectivity index is 3.16. The molecule has 0 aliphatic rings. The summed E-state index contributed by atoms with van der Waals surface area (Å²) in [5.74, 6) is -1.92. The van der Waals surface area contributed by atoms with Crippen LogP contribution in [-0.4, -0.2) is 40.6 Å². The summed E-state index contributed by atoms with van der Waals surface area (Å²) in [6.07, 6.45) is 0.828. The largest absolute Gasteiger partial charge is 0.480 e. The minimum Gasteiger partial charge on any atom is -0.480 e. The molecule has 0 heterocycles. The van der Waals surface area contributed by atoms with Crippen molar-refractivity contribution in [2.45, 2.75) is 112 Å². The van der Waals surface area contributed by atoms with Crippen LogP contribution < -0.4 is 15.2 Å². The predicted octanol–water partition coefficient (Wildman–Crippen LogP) is 5.45. The second-order valence-electron chi connectivity index (χ2n) is 12.5. The van der Waals surface area contributed by atoms with Crippen molar-refractivity contribution in [3.8, 4) is 11.5 Å². The van der Waals surface area contributed by atoms with Gasteiger partial charge in [0.05, 0.1) is 6.42 Å². The van der Waals surface area contributed by atoms with E-state index in [1.165, 1.54) is 12.1 Å². The summed E-state index contributed by atoms with van der Waals surface area (Å²) in [7, 11) is 0. The van der Waals surface area contributed by atoms with Gasteiger partial charge in [-0.15, -0.1) is 0 Å². The van der Waals surface area contributed by atoms with E-state index >= 15 is 0 Å². The third-order valence-corrected chi connectivity index (χ3v) is 5.91. The van der Waals surface area contributed by atoms with E-state index in [4.69, 9.17) is 19.9 Å². The summed E-state index contributed by atoms with van der Waals surface area (Å²) in [5, 5.41) is 9.96. The molecule has 0 aromatic heterocycles. The van der Waals surface area contributed by atoms with E-state index in [0.29, 0.717) is 30.2 Å². The quantitative estimate of drug-likeness (QED) is 0.215. The average Bonchev–Trinajstić information content (AvgIpc) is 2.76. The first kappa shape index (κ1) is 34.1. The molecule has 0 bridgehead atoms. The average molecular weight is 550 g/mol. The third kappa shape index (κ3) is 13.6. The van der Waals surface area contributed by atoms with Gasteiger partial charge in [-0.3, -0.25) is 19.2 Å². The second kappa shape index (κ2) is 15.0. The minimum absolute atomic E-state index is 0.0246. The predicted molar refractivity (Wildman–Crippen MR) is 148 cm³/mol. The number of hydrogen-bond acceptors (Lipinski definition) is 8. The molecule has 2 atom stereocenters. The first-order valence-corrected chi connectivity index (χ1v) is 13.7. The van der Waals surface area contributed by atoms with Crippen LogP contribution in [0.2, 0.25) is 0 Å². The maximum atomic E-state index is 12.5. The SMILES string of the molecule is CC(C)CCC(=O)Oc1ccc(CC(N)(C[C@H](C)OC(=O)CC(C)(C)C)C(=O)O)cc1OC(=O)CCC(C)C. The smallest absolute Gasteiger partial charge is 0.324 e. The zero-order valence-corrected chi connectivity index (χ0v) is 24.8. The molecule has 0 saturated heterocycles. The summed E-state index contributed by atoms with van der Waals surface area (Å²) < 4.78 is 16.5. The van der Waals surface area contributed by atoms with E-state index in [9.17, 15) is 24.3 Å². The Morgan fingerprint density at radius 3 is 1.82 bits per heavy atom. The summed E-state index contributed by atoms with van der Waals surface area (Å²) >= 11 is 0. The van der Waals surface area contributed by atoms with Gasteiger partial charge in [0.2, 0.25) is 0 Å². The van der Waals surface area contributed by atoms with Gasteiger partial charge in [0.25, 0.3) is 0 Å². The molecule has 0 aliphatic heterocycles. The topological polar surface area (TPSA) is 142 Å². The van der Waals surface area contributed by atoms with E-state index in [1.807, 2.05) is 48.5 Å². The molecular weight excluding hydrogens is 502 g/mol. The highest BCUT2D eigenvalue weighted by molar-refractivity contribution is 5.80. The Hall–Kier alpha value is -2.94. The lowest BCUT2D eigenvalue weighted by molar-refractivity contribution is -0.154. The van der Waals surface area contributed by atoms with Crippen molar-refractivity contribution in [2.24, 2.45) is 23.0 Å². The van der Waals surface area contributed by atoms with Gasteiger partial charge in [0.1, 0.15) is 11.6 Å². The molecule has 1 aromatic carbocycles. The number of carbonyl (C=O) groups is 4. The third-order valence-electron chi connectivity index (χ3n) is 5.91. The van der Waals surface area contributed by atoms with Gasteiger partial charge in [0.15, 0.2) is 11.5 Å². The number of aliphatic carboxylic acids is 1. The molecule has 0 spiro atoms. The van der Waals surface area contributed by atoms with Crippen LogP contribution >= 0.6 is 0 Å². The summed E-state index contributed by atoms with van der Waals surface area (Å²) in [5.41, 5.74) is 4.73. The van der Waals surface area contributed by atoms with Crippen LogP contribution in [0.15, 0.2) is 18.2 Å². The molecular formula is C30H47NO8. The molecule has 9 heteroatoms. The highest BCUT2D eigenvalue weighted by atomic mass is 16.6. The monoisotopic (exact) mass is 549 g/mol. The summed E-state index contributed by atoms with van der Waals surface area (Å²) in [4.78, 5) is 49.3. The zero-order chi connectivity index (χ0) is 30.0. The lowest BCUT2D eigenvalue weighted by Gasteiger charge is -2.28. The fourth-order valence-electron chi connectivity index (χ4n) is 3.84. The number of benzene rings is 1. The van der Waals surface area contributed by atoms with Crippen molar-refractivity contribution in [1.29, 1.82) is 0 Å². The maximum absolute atomic E-state index is 12.5. The highest BCUT2D eigenvalue weighted by Crippen LogP contribution is 2.32. The highest BCUT2D eigenvalue weighted by Gasteiger charge is 2.37. The van der Waals surface area contributed by atoms with Crippen molar-refractivity contribution < 1.29 is 38.5 Å². The number of carboxylic acid groups (broad SMARTS) is 1. The van der Waals surface area contributed by atoms with Crippen molar-refractivity contribution in [3.05, 3.63) is 23.8 Å². The van der Waals surface area contributed by atoms with Gasteiger partial charge in [-0.1, -0.05) is 54.5 Å². The van der Waals surface area contributed by atoms with Gasteiger partial charge in [0, 0.05) is 25.7 Å². The van der Waals surface area contributed by atoms with Crippen LogP contribution in [0.3, 0.4) is 0 Å². The second-order valence-corrected chi connectivity index (χ2v) is 12.5. The number of rotatable bonds is 15. The molecule has 39 heavy (non-hydrogen) atoms. The number of esters is 3.